The fourth-order valence-electron chi connectivity index (χ4n) is 1.61. The standard InChI is InChI=1S/C14H27Cl2O4P/c1-3-5-7-9-11-18-21(17,20-13-14(15)16)19-12-10-8-6-4-2/h13H,3-12H2,1-2H3. The second kappa shape index (κ2) is 13.9. The van der Waals surface area contributed by atoms with Crippen molar-refractivity contribution < 1.29 is 18.1 Å². The molecule has 0 saturated carbocycles. The number of phosphoric ester groups is 1. The molecule has 7 heteroatoms. The van der Waals surface area contributed by atoms with Crippen LogP contribution in [-0.2, 0) is 18.1 Å². The Morgan fingerprint density at radius 3 is 1.76 bits per heavy atom. The third-order valence-corrected chi connectivity index (χ3v) is 4.30. The molecule has 0 fully saturated rings. The van der Waals surface area contributed by atoms with Crippen molar-refractivity contribution in [3.8, 4) is 0 Å². The van der Waals surface area contributed by atoms with Crippen LogP contribution in [0.1, 0.15) is 65.2 Å². The van der Waals surface area contributed by atoms with Crippen LogP contribution in [0.2, 0.25) is 0 Å². The Hall–Kier alpha value is 0.270. The van der Waals surface area contributed by atoms with E-state index >= 15 is 0 Å². The maximum atomic E-state index is 12.4. The zero-order valence-electron chi connectivity index (χ0n) is 13.0. The first-order valence-electron chi connectivity index (χ1n) is 7.62. The van der Waals surface area contributed by atoms with E-state index in [0.717, 1.165) is 57.6 Å². The van der Waals surface area contributed by atoms with Crippen molar-refractivity contribution >= 4 is 31.0 Å². The van der Waals surface area contributed by atoms with Crippen molar-refractivity contribution in [3.05, 3.63) is 10.8 Å². The molecule has 0 radical (unpaired) electrons. The van der Waals surface area contributed by atoms with Crippen LogP contribution >= 0.6 is 31.0 Å². The molecule has 0 saturated heterocycles. The summed E-state index contributed by atoms with van der Waals surface area (Å²) in [5.74, 6) is 0. The summed E-state index contributed by atoms with van der Waals surface area (Å²) in [6.07, 6.45) is 9.19. The molecule has 0 spiro atoms. The summed E-state index contributed by atoms with van der Waals surface area (Å²) in [7, 11) is -3.62. The number of unbranched alkanes of at least 4 members (excludes halogenated alkanes) is 6. The van der Waals surface area contributed by atoms with Gasteiger partial charge in [-0.05, 0) is 12.8 Å². The molecule has 0 heterocycles. The van der Waals surface area contributed by atoms with Crippen LogP contribution in [0.4, 0.5) is 0 Å². The van der Waals surface area contributed by atoms with E-state index < -0.39 is 7.82 Å². The number of phosphoric acid groups is 1. The molecule has 0 bridgehead atoms. The molecule has 0 N–H and O–H groups in total. The molecule has 0 aromatic rings. The zero-order chi connectivity index (χ0) is 16.0. The highest BCUT2D eigenvalue weighted by molar-refractivity contribution is 7.48. The summed E-state index contributed by atoms with van der Waals surface area (Å²) in [6.45, 7) is 4.92. The van der Waals surface area contributed by atoms with Gasteiger partial charge in [0.1, 0.15) is 10.8 Å². The van der Waals surface area contributed by atoms with Crippen LogP contribution in [-0.4, -0.2) is 13.2 Å². The zero-order valence-corrected chi connectivity index (χ0v) is 15.4. The molecule has 0 aromatic heterocycles. The second-order valence-electron chi connectivity index (χ2n) is 4.75. The lowest BCUT2D eigenvalue weighted by Crippen LogP contribution is -2.01. The monoisotopic (exact) mass is 360 g/mol. The Bertz CT molecular complexity index is 302. The van der Waals surface area contributed by atoms with Crippen molar-refractivity contribution in [2.45, 2.75) is 65.2 Å². The third kappa shape index (κ3) is 13.6. The van der Waals surface area contributed by atoms with Gasteiger partial charge >= 0.3 is 7.82 Å². The minimum Gasteiger partial charge on any atom is -0.409 e. The average molecular weight is 361 g/mol. The van der Waals surface area contributed by atoms with Gasteiger partial charge in [-0.1, -0.05) is 75.6 Å². The van der Waals surface area contributed by atoms with Gasteiger partial charge < -0.3 is 4.52 Å². The molecule has 21 heavy (non-hydrogen) atoms. The summed E-state index contributed by atoms with van der Waals surface area (Å²) in [5, 5.41) is 0. The number of rotatable bonds is 14. The topological polar surface area (TPSA) is 44.8 Å². The molecule has 0 atom stereocenters. The van der Waals surface area contributed by atoms with E-state index in [1.807, 2.05) is 0 Å². The fourth-order valence-corrected chi connectivity index (χ4v) is 2.96. The van der Waals surface area contributed by atoms with Crippen molar-refractivity contribution in [1.82, 2.24) is 0 Å². The lowest BCUT2D eigenvalue weighted by molar-refractivity contribution is 0.138. The maximum Gasteiger partial charge on any atom is 0.529 e. The van der Waals surface area contributed by atoms with Gasteiger partial charge in [0.2, 0.25) is 0 Å². The van der Waals surface area contributed by atoms with E-state index in [1.54, 1.807) is 0 Å². The summed E-state index contributed by atoms with van der Waals surface area (Å²) >= 11 is 10.9. The van der Waals surface area contributed by atoms with E-state index in [9.17, 15) is 4.57 Å². The molecular formula is C14H27Cl2O4P. The van der Waals surface area contributed by atoms with Gasteiger partial charge in [0.25, 0.3) is 0 Å². The van der Waals surface area contributed by atoms with Crippen molar-refractivity contribution in [3.63, 3.8) is 0 Å². The van der Waals surface area contributed by atoms with Gasteiger partial charge in [-0.15, -0.1) is 0 Å². The van der Waals surface area contributed by atoms with E-state index in [-0.39, 0.29) is 4.49 Å². The summed E-state index contributed by atoms with van der Waals surface area (Å²) < 4.78 is 27.8. The van der Waals surface area contributed by atoms with Crippen LogP contribution in [0.3, 0.4) is 0 Å². The van der Waals surface area contributed by atoms with Gasteiger partial charge in [-0.25, -0.2) is 4.57 Å². The Morgan fingerprint density at radius 2 is 1.38 bits per heavy atom. The molecule has 126 valence electrons. The number of hydrogen-bond donors (Lipinski definition) is 0. The molecule has 0 aliphatic rings. The Balaban J connectivity index is 4.14. The van der Waals surface area contributed by atoms with Crippen molar-refractivity contribution in [2.75, 3.05) is 13.2 Å². The summed E-state index contributed by atoms with van der Waals surface area (Å²) in [5.41, 5.74) is 0. The molecule has 0 aliphatic heterocycles. The minimum absolute atomic E-state index is 0.126. The summed E-state index contributed by atoms with van der Waals surface area (Å²) in [6, 6.07) is 0. The lowest BCUT2D eigenvalue weighted by atomic mass is 10.2. The van der Waals surface area contributed by atoms with Gasteiger partial charge in [0, 0.05) is 0 Å². The van der Waals surface area contributed by atoms with Crippen LogP contribution in [0.25, 0.3) is 0 Å². The Kier molecular flexibility index (Phi) is 14.1. The van der Waals surface area contributed by atoms with E-state index in [0.29, 0.717) is 13.2 Å². The van der Waals surface area contributed by atoms with Crippen molar-refractivity contribution in [1.29, 1.82) is 0 Å². The highest BCUT2D eigenvalue weighted by Crippen LogP contribution is 2.50. The quantitative estimate of drug-likeness (QED) is 0.199. The third-order valence-electron chi connectivity index (χ3n) is 2.77. The molecule has 4 nitrogen and oxygen atoms in total. The van der Waals surface area contributed by atoms with Crippen LogP contribution in [0.5, 0.6) is 0 Å². The van der Waals surface area contributed by atoms with Crippen LogP contribution < -0.4 is 0 Å². The van der Waals surface area contributed by atoms with Crippen LogP contribution in [0.15, 0.2) is 10.8 Å². The first-order chi connectivity index (χ1) is 10.0. The molecule has 0 unspecified atom stereocenters. The predicted octanol–water partition coefficient (Wildman–Crippen LogP) is 6.58. The van der Waals surface area contributed by atoms with Crippen molar-refractivity contribution in [2.24, 2.45) is 0 Å². The van der Waals surface area contributed by atoms with Gasteiger partial charge in [0.15, 0.2) is 0 Å². The highest BCUT2D eigenvalue weighted by atomic mass is 35.5. The normalized spacial score (nSPS) is 11.4. The van der Waals surface area contributed by atoms with E-state index in [4.69, 9.17) is 36.8 Å². The molecular weight excluding hydrogens is 334 g/mol. The van der Waals surface area contributed by atoms with Gasteiger partial charge in [0.05, 0.1) is 13.2 Å². The van der Waals surface area contributed by atoms with Crippen LogP contribution in [0, 0.1) is 0 Å². The molecule has 0 aromatic carbocycles. The average Bonchev–Trinajstić information content (AvgIpc) is 2.45. The van der Waals surface area contributed by atoms with Gasteiger partial charge in [-0.2, -0.15) is 0 Å². The molecule has 0 rings (SSSR count). The SMILES string of the molecule is CCCCCCOP(=O)(OC=C(Cl)Cl)OCCCCCC. The maximum absolute atomic E-state index is 12.4. The first kappa shape index (κ1) is 21.3. The van der Waals surface area contributed by atoms with Gasteiger partial charge in [-0.3, -0.25) is 9.05 Å². The second-order valence-corrected chi connectivity index (χ2v) is 7.38. The van der Waals surface area contributed by atoms with E-state index in [1.165, 1.54) is 0 Å². The summed E-state index contributed by atoms with van der Waals surface area (Å²) in [4.78, 5) is 0. The molecule has 0 amide bonds. The highest BCUT2D eigenvalue weighted by Gasteiger charge is 2.26. The largest absolute Gasteiger partial charge is 0.529 e. The lowest BCUT2D eigenvalue weighted by Gasteiger charge is -2.16. The smallest absolute Gasteiger partial charge is 0.409 e. The number of hydrogen-bond acceptors (Lipinski definition) is 4. The number of halogens is 2. The Morgan fingerprint density at radius 1 is 0.905 bits per heavy atom. The predicted molar refractivity (Wildman–Crippen MR) is 88.7 cm³/mol. The Labute approximate surface area is 138 Å². The van der Waals surface area contributed by atoms with E-state index in [2.05, 4.69) is 13.8 Å². The first-order valence-corrected chi connectivity index (χ1v) is 9.84. The fraction of sp³-hybridized carbons (Fsp3) is 0.857. The molecule has 0 aliphatic carbocycles. The minimum atomic E-state index is -3.62.